The molecule has 164 valence electrons. The van der Waals surface area contributed by atoms with Gasteiger partial charge in [-0.3, -0.25) is 15.0 Å². The average molecular weight is 424 g/mol. The lowest BCUT2D eigenvalue weighted by atomic mass is 9.89. The molecule has 2 aromatic carbocycles. The van der Waals surface area contributed by atoms with Crippen LogP contribution in [0.4, 0.5) is 10.5 Å². The summed E-state index contributed by atoms with van der Waals surface area (Å²) in [6.07, 6.45) is 2.72. The highest BCUT2D eigenvalue weighted by molar-refractivity contribution is 5.95. The van der Waals surface area contributed by atoms with Crippen molar-refractivity contribution in [1.82, 2.24) is 10.2 Å². The molecule has 4 rings (SSSR count). The summed E-state index contributed by atoms with van der Waals surface area (Å²) in [6.45, 7) is 0.734. The second-order valence-electron chi connectivity index (χ2n) is 8.09. The quantitative estimate of drug-likeness (QED) is 0.788. The zero-order valence-corrected chi connectivity index (χ0v) is 17.5. The van der Waals surface area contributed by atoms with E-state index in [0.29, 0.717) is 12.3 Å². The molecule has 0 aromatic heterocycles. The third-order valence-electron chi connectivity index (χ3n) is 6.02. The monoisotopic (exact) mass is 423 g/mol. The van der Waals surface area contributed by atoms with Crippen molar-refractivity contribution in [3.8, 4) is 5.75 Å². The Labute approximate surface area is 182 Å². The summed E-state index contributed by atoms with van der Waals surface area (Å²) in [7, 11) is 0. The maximum absolute atomic E-state index is 12.9. The van der Waals surface area contributed by atoms with Crippen LogP contribution in [0.1, 0.15) is 32.1 Å². The number of urea groups is 1. The van der Waals surface area contributed by atoms with Gasteiger partial charge in [-0.15, -0.1) is 0 Å². The molecule has 1 saturated carbocycles. The number of para-hydroxylation sites is 2. The molecule has 2 aliphatic rings. The molecule has 2 aromatic rings. The number of hydrogen-bond donors (Lipinski definition) is 2. The second kappa shape index (κ2) is 9.83. The normalized spacial score (nSPS) is 22.1. The lowest BCUT2D eigenvalue weighted by Gasteiger charge is -2.45. The molecule has 1 aliphatic carbocycles. The first-order valence-corrected chi connectivity index (χ1v) is 11.0. The number of piperazine rings is 1. The summed E-state index contributed by atoms with van der Waals surface area (Å²) in [6, 6.07) is 18.3. The zero-order valence-electron chi connectivity index (χ0n) is 17.5. The summed E-state index contributed by atoms with van der Waals surface area (Å²) in [5.41, 5.74) is 0.890. The fraction of sp³-hybridized carbons (Fsp3) is 0.417. The van der Waals surface area contributed by atoms with Crippen LogP contribution in [0, 0.1) is 5.92 Å². The molecule has 2 N–H and O–H groups in total. The molecule has 0 bridgehead atoms. The van der Waals surface area contributed by atoms with Crippen LogP contribution in [0.15, 0.2) is 60.7 Å². The maximum Gasteiger partial charge on any atom is 0.326 e. The summed E-state index contributed by atoms with van der Waals surface area (Å²) in [4.78, 5) is 28.6. The van der Waals surface area contributed by atoms with Crippen LogP contribution < -0.4 is 15.0 Å². The number of benzene rings is 2. The largest absolute Gasteiger partial charge is 0.466 e. The van der Waals surface area contributed by atoms with Gasteiger partial charge in [-0.2, -0.15) is 0 Å². The molecular formula is C24H29N3O4. The predicted molar refractivity (Wildman–Crippen MR) is 117 cm³/mol. The lowest BCUT2D eigenvalue weighted by molar-refractivity contribution is -0.125. The number of nitrogens with zero attached hydrogens (tertiary/aromatic N) is 2. The van der Waals surface area contributed by atoms with Crippen LogP contribution in [0.2, 0.25) is 0 Å². The molecule has 2 fully saturated rings. The van der Waals surface area contributed by atoms with Gasteiger partial charge in [-0.1, -0.05) is 55.7 Å². The van der Waals surface area contributed by atoms with Crippen LogP contribution in [-0.4, -0.2) is 47.5 Å². The molecular weight excluding hydrogens is 394 g/mol. The van der Waals surface area contributed by atoms with E-state index in [9.17, 15) is 14.7 Å². The van der Waals surface area contributed by atoms with Gasteiger partial charge in [0.1, 0.15) is 5.75 Å². The number of aliphatic hydroxyl groups excluding tert-OH is 1. The van der Waals surface area contributed by atoms with Gasteiger partial charge in [0.25, 0.3) is 0 Å². The van der Waals surface area contributed by atoms with E-state index in [1.54, 1.807) is 0 Å². The number of imide groups is 1. The molecule has 1 heterocycles. The Hall–Kier alpha value is -3.06. The summed E-state index contributed by atoms with van der Waals surface area (Å²) >= 11 is 0. The maximum atomic E-state index is 12.9. The van der Waals surface area contributed by atoms with E-state index in [2.05, 4.69) is 5.32 Å². The number of nitrogens with one attached hydrogen (secondary N) is 1. The first-order chi connectivity index (χ1) is 15.1. The second-order valence-corrected chi connectivity index (χ2v) is 8.09. The molecule has 7 heteroatoms. The van der Waals surface area contributed by atoms with Gasteiger partial charge in [-0.25, -0.2) is 4.79 Å². The summed E-state index contributed by atoms with van der Waals surface area (Å²) in [5.74, 6) is 0.216. The Morgan fingerprint density at radius 2 is 1.55 bits per heavy atom. The summed E-state index contributed by atoms with van der Waals surface area (Å²) in [5, 5.41) is 13.6. The lowest BCUT2D eigenvalue weighted by Crippen LogP contribution is -2.65. The van der Waals surface area contributed by atoms with Crippen molar-refractivity contribution in [1.29, 1.82) is 0 Å². The Morgan fingerprint density at radius 1 is 0.903 bits per heavy atom. The summed E-state index contributed by atoms with van der Waals surface area (Å²) < 4.78 is 6.11. The van der Waals surface area contributed by atoms with E-state index in [1.807, 2.05) is 65.6 Å². The van der Waals surface area contributed by atoms with Crippen LogP contribution >= 0.6 is 0 Å². The molecule has 2 atom stereocenters. The standard InChI is InChI=1S/C24H29N3O4/c28-21(18-10-4-1-5-11-18)25-24(30)27-17-16-26(19-12-6-2-7-13-19)23(22(27)29)31-20-14-8-3-9-15-20/h2-3,6-9,12-15,18,22-23,29H,1,4-5,10-11,16-17H2,(H,25,28,30). The van der Waals surface area contributed by atoms with Crippen molar-refractivity contribution < 1.29 is 19.4 Å². The van der Waals surface area contributed by atoms with Crippen LogP contribution in [-0.2, 0) is 4.79 Å². The third-order valence-corrected chi connectivity index (χ3v) is 6.02. The Morgan fingerprint density at radius 3 is 2.23 bits per heavy atom. The van der Waals surface area contributed by atoms with Gasteiger partial charge >= 0.3 is 6.03 Å². The van der Waals surface area contributed by atoms with Crippen molar-refractivity contribution in [3.63, 3.8) is 0 Å². The van der Waals surface area contributed by atoms with Crippen LogP contribution in [0.5, 0.6) is 5.75 Å². The number of carbonyl (C=O) groups excluding carboxylic acids is 2. The molecule has 31 heavy (non-hydrogen) atoms. The van der Waals surface area contributed by atoms with Crippen LogP contribution in [0.25, 0.3) is 0 Å². The number of rotatable bonds is 4. The highest BCUT2D eigenvalue weighted by Crippen LogP contribution is 2.27. The SMILES string of the molecule is O=C(NC(=O)N1CCN(c2ccccc2)C(Oc2ccccc2)C1O)C1CCCCC1. The predicted octanol–water partition coefficient (Wildman–Crippen LogP) is 3.35. The van der Waals surface area contributed by atoms with Gasteiger partial charge in [0, 0.05) is 24.7 Å². The Balaban J connectivity index is 1.50. The van der Waals surface area contributed by atoms with E-state index in [4.69, 9.17) is 4.74 Å². The van der Waals surface area contributed by atoms with Gasteiger partial charge < -0.3 is 14.7 Å². The smallest absolute Gasteiger partial charge is 0.326 e. The number of carbonyl (C=O) groups is 2. The number of anilines is 1. The highest BCUT2D eigenvalue weighted by atomic mass is 16.5. The average Bonchev–Trinajstić information content (AvgIpc) is 2.82. The Bertz CT molecular complexity index is 871. The highest BCUT2D eigenvalue weighted by Gasteiger charge is 2.40. The number of hydrogen-bond acceptors (Lipinski definition) is 5. The fourth-order valence-corrected chi connectivity index (χ4v) is 4.31. The molecule has 7 nitrogen and oxygen atoms in total. The topological polar surface area (TPSA) is 82.1 Å². The van der Waals surface area contributed by atoms with Crippen LogP contribution in [0.3, 0.4) is 0 Å². The van der Waals surface area contributed by atoms with E-state index in [1.165, 1.54) is 4.90 Å². The minimum atomic E-state index is -1.24. The third kappa shape index (κ3) is 4.99. The first kappa shape index (κ1) is 21.2. The Kier molecular flexibility index (Phi) is 6.72. The van der Waals surface area contributed by atoms with Gasteiger partial charge in [-0.05, 0) is 37.1 Å². The van der Waals surface area contributed by atoms with Crippen molar-refractivity contribution >= 4 is 17.6 Å². The van der Waals surface area contributed by atoms with E-state index < -0.39 is 18.5 Å². The molecule has 2 unspecified atom stereocenters. The van der Waals surface area contributed by atoms with E-state index >= 15 is 0 Å². The molecule has 3 amide bonds. The molecule has 0 radical (unpaired) electrons. The van der Waals surface area contributed by atoms with Crippen molar-refractivity contribution in [2.45, 2.75) is 44.6 Å². The first-order valence-electron chi connectivity index (χ1n) is 11.0. The van der Waals surface area contributed by atoms with Gasteiger partial charge in [0.2, 0.25) is 12.1 Å². The zero-order chi connectivity index (χ0) is 21.6. The van der Waals surface area contributed by atoms with Gasteiger partial charge in [0.15, 0.2) is 6.23 Å². The minimum Gasteiger partial charge on any atom is -0.466 e. The molecule has 0 spiro atoms. The van der Waals surface area contributed by atoms with E-state index in [-0.39, 0.29) is 18.4 Å². The van der Waals surface area contributed by atoms with Gasteiger partial charge in [0.05, 0.1) is 0 Å². The van der Waals surface area contributed by atoms with E-state index in [0.717, 1.165) is 37.8 Å². The number of ether oxygens (including phenoxy) is 1. The molecule has 1 saturated heterocycles. The number of aliphatic hydroxyl groups is 1. The fourth-order valence-electron chi connectivity index (χ4n) is 4.31. The minimum absolute atomic E-state index is 0.128. The van der Waals surface area contributed by atoms with Crippen molar-refractivity contribution in [2.24, 2.45) is 5.92 Å². The van der Waals surface area contributed by atoms with Crippen molar-refractivity contribution in [3.05, 3.63) is 60.7 Å². The van der Waals surface area contributed by atoms with Crippen molar-refractivity contribution in [2.75, 3.05) is 18.0 Å². The number of amides is 3. The molecule has 1 aliphatic heterocycles.